The zero-order chi connectivity index (χ0) is 46.8. The molecule has 0 unspecified atom stereocenters. The number of hydrogen-bond donors (Lipinski definition) is 2. The lowest BCUT2D eigenvalue weighted by Gasteiger charge is -2.33. The molecule has 2 aliphatic rings. The van der Waals surface area contributed by atoms with E-state index in [0.717, 1.165) is 76.8 Å². The minimum absolute atomic E-state index is 0.0232. The highest BCUT2D eigenvalue weighted by Crippen LogP contribution is 2.29. The van der Waals surface area contributed by atoms with Crippen LogP contribution in [0.3, 0.4) is 0 Å². The number of nitrogens with two attached hydrogens (primary N) is 1. The van der Waals surface area contributed by atoms with Gasteiger partial charge in [0.1, 0.15) is 23.3 Å². The minimum atomic E-state index is -5.17. The molecular weight excluding hydrogens is 898 g/mol. The van der Waals surface area contributed by atoms with E-state index < -0.39 is 80.4 Å². The van der Waals surface area contributed by atoms with Crippen LogP contribution in [0.4, 0.5) is 42.1 Å². The van der Waals surface area contributed by atoms with Crippen LogP contribution in [-0.4, -0.2) is 88.4 Å². The van der Waals surface area contributed by atoms with Crippen molar-refractivity contribution in [3.8, 4) is 0 Å². The number of hydrogen-bond acceptors (Lipinski definition) is 8. The predicted octanol–water partition coefficient (Wildman–Crippen LogP) is 6.41. The van der Waals surface area contributed by atoms with Gasteiger partial charge >= 0.3 is 32.5 Å². The maximum atomic E-state index is 14.9. The SMILES string of the molecule is NCC(=O)c1ccc(CN(c2cccc(F)c2)S(=O)(=O)N2CCCCC2)c(F)c1.O=C(CNC(=O)C(F)(F)F)c1ccc(CN(c2cccc(F)c2)S(=O)(=O)N2CCCCC2)c(F)c1. The summed E-state index contributed by atoms with van der Waals surface area (Å²) >= 11 is 0. The number of rotatable bonds is 15. The molecule has 13 nitrogen and oxygen atoms in total. The van der Waals surface area contributed by atoms with E-state index in [0.29, 0.717) is 25.9 Å². The number of benzene rings is 4. The van der Waals surface area contributed by atoms with Gasteiger partial charge in [0.25, 0.3) is 0 Å². The molecule has 64 heavy (non-hydrogen) atoms. The van der Waals surface area contributed by atoms with Crippen LogP contribution < -0.4 is 19.7 Å². The average Bonchev–Trinajstić information content (AvgIpc) is 3.27. The average molecular weight is 943 g/mol. The van der Waals surface area contributed by atoms with Crippen molar-refractivity contribution in [3.05, 3.63) is 130 Å². The molecule has 6 rings (SSSR count). The second kappa shape index (κ2) is 21.5. The van der Waals surface area contributed by atoms with Gasteiger partial charge in [-0.15, -0.1) is 0 Å². The molecule has 4 aromatic rings. The van der Waals surface area contributed by atoms with E-state index in [1.165, 1.54) is 56.4 Å². The van der Waals surface area contributed by atoms with Gasteiger partial charge in [0.05, 0.1) is 37.6 Å². The molecule has 0 radical (unpaired) electrons. The minimum Gasteiger partial charge on any atom is -0.341 e. The summed E-state index contributed by atoms with van der Waals surface area (Å²) in [5.41, 5.74) is 5.11. The van der Waals surface area contributed by atoms with Gasteiger partial charge in [-0.2, -0.15) is 38.6 Å². The van der Waals surface area contributed by atoms with Gasteiger partial charge in [-0.05, 0) is 74.2 Å². The van der Waals surface area contributed by atoms with Crippen molar-refractivity contribution in [3.63, 3.8) is 0 Å². The Labute approximate surface area is 366 Å². The van der Waals surface area contributed by atoms with Crippen molar-refractivity contribution in [1.82, 2.24) is 13.9 Å². The van der Waals surface area contributed by atoms with Crippen molar-refractivity contribution >= 4 is 49.3 Å². The molecule has 1 amide bonds. The summed E-state index contributed by atoms with van der Waals surface area (Å²) in [6, 6.07) is 16.8. The fourth-order valence-corrected chi connectivity index (χ4v) is 10.2. The Hall–Kier alpha value is -5.42. The highest BCUT2D eigenvalue weighted by molar-refractivity contribution is 7.90. The number of halogens is 7. The summed E-state index contributed by atoms with van der Waals surface area (Å²) in [5, 5.41) is 1.41. The third-order valence-electron chi connectivity index (χ3n) is 10.3. The molecule has 0 bridgehead atoms. The van der Waals surface area contributed by atoms with Gasteiger partial charge in [0.2, 0.25) is 0 Å². The molecule has 346 valence electrons. The summed E-state index contributed by atoms with van der Waals surface area (Å²) < 4.78 is 152. The lowest BCUT2D eigenvalue weighted by Crippen LogP contribution is -2.46. The smallest absolute Gasteiger partial charge is 0.341 e. The normalized spacial score (nSPS) is 15.1. The van der Waals surface area contributed by atoms with E-state index in [1.54, 1.807) is 0 Å². The summed E-state index contributed by atoms with van der Waals surface area (Å²) in [4.78, 5) is 34.6. The van der Waals surface area contributed by atoms with Crippen LogP contribution in [0.1, 0.15) is 70.4 Å². The number of ketones is 2. The Kier molecular flexibility index (Phi) is 16.7. The fourth-order valence-electron chi connectivity index (χ4n) is 6.83. The Morgan fingerprint density at radius 1 is 0.594 bits per heavy atom. The maximum absolute atomic E-state index is 14.9. The number of piperidine rings is 2. The Morgan fingerprint density at radius 2 is 1.00 bits per heavy atom. The van der Waals surface area contributed by atoms with E-state index in [1.807, 2.05) is 0 Å². The van der Waals surface area contributed by atoms with E-state index >= 15 is 0 Å². The summed E-state index contributed by atoms with van der Waals surface area (Å²) in [7, 11) is -8.15. The molecule has 2 fully saturated rings. The van der Waals surface area contributed by atoms with Gasteiger partial charge in [0.15, 0.2) is 11.6 Å². The Balaban J connectivity index is 0.000000245. The van der Waals surface area contributed by atoms with Crippen molar-refractivity contribution in [1.29, 1.82) is 0 Å². The predicted molar refractivity (Wildman–Crippen MR) is 223 cm³/mol. The molecule has 0 aromatic heterocycles. The van der Waals surface area contributed by atoms with Crippen molar-refractivity contribution < 1.29 is 62.0 Å². The second-order valence-corrected chi connectivity index (χ2v) is 18.5. The molecule has 0 saturated carbocycles. The molecule has 2 heterocycles. The summed E-state index contributed by atoms with van der Waals surface area (Å²) in [5.74, 6) is -6.70. The third kappa shape index (κ3) is 12.6. The lowest BCUT2D eigenvalue weighted by atomic mass is 10.1. The van der Waals surface area contributed by atoms with E-state index in [4.69, 9.17) is 5.73 Å². The molecule has 2 aliphatic heterocycles. The molecule has 3 N–H and O–H groups in total. The molecule has 0 spiro atoms. The van der Waals surface area contributed by atoms with Crippen molar-refractivity contribution in [2.45, 2.75) is 57.8 Å². The molecular formula is C42H45F7N6O7S2. The first-order chi connectivity index (χ1) is 30.2. The van der Waals surface area contributed by atoms with E-state index in [2.05, 4.69) is 0 Å². The van der Waals surface area contributed by atoms with Crippen LogP contribution in [0.5, 0.6) is 0 Å². The first-order valence-corrected chi connectivity index (χ1v) is 22.8. The third-order valence-corrected chi connectivity index (χ3v) is 14.1. The first-order valence-electron chi connectivity index (χ1n) is 20.0. The number of anilines is 2. The van der Waals surface area contributed by atoms with Crippen molar-refractivity contribution in [2.75, 3.05) is 47.9 Å². The number of alkyl halides is 3. The number of carbonyl (C=O) groups is 3. The molecule has 4 aromatic carbocycles. The molecule has 0 atom stereocenters. The van der Waals surface area contributed by atoms with Gasteiger partial charge < -0.3 is 11.1 Å². The Morgan fingerprint density at radius 3 is 1.36 bits per heavy atom. The highest BCUT2D eigenvalue weighted by atomic mass is 32.2. The number of Topliss-reactive ketones (excluding diaryl/α,β-unsaturated/α-hetero) is 2. The fraction of sp³-hybridized carbons (Fsp3) is 0.357. The van der Waals surface area contributed by atoms with Crippen LogP contribution in [-0.2, 0) is 38.3 Å². The lowest BCUT2D eigenvalue weighted by molar-refractivity contribution is -0.173. The topological polar surface area (TPSA) is 170 Å². The highest BCUT2D eigenvalue weighted by Gasteiger charge is 2.39. The van der Waals surface area contributed by atoms with Crippen LogP contribution >= 0.6 is 0 Å². The standard InChI is InChI=1S/C22H22F5N3O4S.C20H23F2N3O3S/c23-17-5-4-6-18(12-17)30(35(33,34)29-9-2-1-3-10-29)14-16-8-7-15(11-19(16)24)20(31)13-28-21(32)22(25,26)27;21-17-5-4-6-18(12-17)25(29(27,28)24-9-2-1-3-10-24)14-16-8-7-15(11-19(16)22)20(26)13-23/h4-8,11-12H,1-3,9-10,13-14H2,(H,28,32);4-8,11-12H,1-3,9-10,13-14,23H2. The van der Waals surface area contributed by atoms with E-state index in [-0.39, 0.29) is 59.8 Å². The number of nitrogens with one attached hydrogen (secondary N) is 1. The van der Waals surface area contributed by atoms with Crippen LogP contribution in [0.15, 0.2) is 84.9 Å². The van der Waals surface area contributed by atoms with Crippen LogP contribution in [0.25, 0.3) is 0 Å². The van der Waals surface area contributed by atoms with Gasteiger partial charge in [0, 0.05) is 48.4 Å². The summed E-state index contributed by atoms with van der Waals surface area (Å²) in [6.45, 7) is -0.866. The van der Waals surface area contributed by atoms with Crippen LogP contribution in [0.2, 0.25) is 0 Å². The number of amides is 1. The first kappa shape index (κ1) is 49.6. The zero-order valence-corrected chi connectivity index (χ0v) is 35.8. The summed E-state index contributed by atoms with van der Waals surface area (Å²) in [6.07, 6.45) is -0.605. The number of nitrogens with zero attached hydrogens (tertiary/aromatic N) is 4. The Bertz CT molecular complexity index is 2540. The second-order valence-electron chi connectivity index (χ2n) is 14.8. The zero-order valence-electron chi connectivity index (χ0n) is 34.2. The van der Waals surface area contributed by atoms with Crippen molar-refractivity contribution in [2.24, 2.45) is 5.73 Å². The molecule has 2 saturated heterocycles. The van der Waals surface area contributed by atoms with Gasteiger partial charge in [-0.3, -0.25) is 23.0 Å². The molecule has 0 aliphatic carbocycles. The molecule has 22 heteroatoms. The van der Waals surface area contributed by atoms with E-state index in [9.17, 15) is 62.0 Å². The van der Waals surface area contributed by atoms with Crippen LogP contribution in [0, 0.1) is 23.3 Å². The largest absolute Gasteiger partial charge is 0.471 e. The quantitative estimate of drug-likeness (QED) is 0.102. The number of carbonyl (C=O) groups excluding carboxylic acids is 3. The maximum Gasteiger partial charge on any atom is 0.471 e. The van der Waals surface area contributed by atoms with Gasteiger partial charge in [-0.25, -0.2) is 17.6 Å². The van der Waals surface area contributed by atoms with Gasteiger partial charge in [-0.1, -0.05) is 49.2 Å². The monoisotopic (exact) mass is 942 g/mol.